The van der Waals surface area contributed by atoms with Gasteiger partial charge < -0.3 is 15.4 Å². The van der Waals surface area contributed by atoms with Crippen molar-refractivity contribution in [2.75, 3.05) is 26.8 Å². The van der Waals surface area contributed by atoms with Crippen molar-refractivity contribution in [2.24, 2.45) is 5.92 Å². The second kappa shape index (κ2) is 8.81. The van der Waals surface area contributed by atoms with E-state index in [1.807, 2.05) is 0 Å². The average Bonchev–Trinajstić information content (AvgIpc) is 2.12. The summed E-state index contributed by atoms with van der Waals surface area (Å²) >= 11 is 0. The van der Waals surface area contributed by atoms with Gasteiger partial charge in [0.1, 0.15) is 0 Å². The van der Waals surface area contributed by atoms with Gasteiger partial charge in [-0.2, -0.15) is 0 Å². The second-order valence-corrected chi connectivity index (χ2v) is 3.71. The van der Waals surface area contributed by atoms with Crippen LogP contribution in [-0.4, -0.2) is 32.8 Å². The first-order valence-electron chi connectivity index (χ1n) is 5.17. The van der Waals surface area contributed by atoms with Gasteiger partial charge in [0.05, 0.1) is 0 Å². The Morgan fingerprint density at radius 3 is 2.50 bits per heavy atom. The molecule has 0 saturated carbocycles. The molecule has 2 amide bonds. The van der Waals surface area contributed by atoms with Gasteiger partial charge in [0.15, 0.2) is 0 Å². The van der Waals surface area contributed by atoms with Gasteiger partial charge in [-0.15, -0.1) is 0 Å². The van der Waals surface area contributed by atoms with Crippen LogP contribution in [0.3, 0.4) is 0 Å². The first kappa shape index (κ1) is 13.2. The smallest absolute Gasteiger partial charge is 0.314 e. The maximum atomic E-state index is 11.1. The van der Waals surface area contributed by atoms with Crippen LogP contribution in [0.2, 0.25) is 0 Å². The average molecular weight is 202 g/mol. The van der Waals surface area contributed by atoms with E-state index >= 15 is 0 Å². The highest BCUT2D eigenvalue weighted by Gasteiger charge is 1.99. The minimum Gasteiger partial charge on any atom is -0.385 e. The molecule has 0 heterocycles. The zero-order chi connectivity index (χ0) is 10.8. The normalized spacial score (nSPS) is 10.3. The monoisotopic (exact) mass is 202 g/mol. The molecule has 0 radical (unpaired) electrons. The molecule has 84 valence electrons. The van der Waals surface area contributed by atoms with E-state index in [4.69, 9.17) is 4.74 Å². The summed E-state index contributed by atoms with van der Waals surface area (Å²) in [6.07, 6.45) is 1.87. The van der Waals surface area contributed by atoms with Crippen LogP contribution in [0, 0.1) is 5.92 Å². The molecule has 0 rings (SSSR count). The molecule has 0 saturated heterocycles. The Morgan fingerprint density at radius 1 is 1.29 bits per heavy atom. The molecule has 0 fully saturated rings. The summed E-state index contributed by atoms with van der Waals surface area (Å²) in [5.74, 6) is 0.629. The molecule has 4 heteroatoms. The van der Waals surface area contributed by atoms with E-state index in [0.717, 1.165) is 19.4 Å². The Kier molecular flexibility index (Phi) is 8.33. The van der Waals surface area contributed by atoms with Crippen molar-refractivity contribution < 1.29 is 9.53 Å². The van der Waals surface area contributed by atoms with Gasteiger partial charge in [0.25, 0.3) is 0 Å². The molecule has 0 atom stereocenters. The lowest BCUT2D eigenvalue weighted by Crippen LogP contribution is -2.37. The van der Waals surface area contributed by atoms with Crippen molar-refractivity contribution in [3.63, 3.8) is 0 Å². The number of rotatable bonds is 7. The Hall–Kier alpha value is -0.770. The van der Waals surface area contributed by atoms with E-state index < -0.39 is 0 Å². The van der Waals surface area contributed by atoms with E-state index in [9.17, 15) is 4.79 Å². The highest BCUT2D eigenvalue weighted by Crippen LogP contribution is 1.95. The molecule has 2 N–H and O–H groups in total. The molecule has 0 aromatic carbocycles. The van der Waals surface area contributed by atoms with Gasteiger partial charge >= 0.3 is 6.03 Å². The van der Waals surface area contributed by atoms with E-state index in [1.54, 1.807) is 7.11 Å². The number of amides is 2. The lowest BCUT2D eigenvalue weighted by Gasteiger charge is -2.08. The summed E-state index contributed by atoms with van der Waals surface area (Å²) in [6.45, 7) is 6.37. The van der Waals surface area contributed by atoms with Crippen LogP contribution in [0.5, 0.6) is 0 Å². The first-order valence-corrected chi connectivity index (χ1v) is 5.17. The van der Waals surface area contributed by atoms with Crippen molar-refractivity contribution in [1.29, 1.82) is 0 Å². The molecule has 0 spiro atoms. The first-order chi connectivity index (χ1) is 6.66. The Morgan fingerprint density at radius 2 is 1.93 bits per heavy atom. The Labute approximate surface area is 86.4 Å². The lowest BCUT2D eigenvalue weighted by molar-refractivity contribution is 0.193. The van der Waals surface area contributed by atoms with Gasteiger partial charge in [-0.25, -0.2) is 4.79 Å². The molecular weight excluding hydrogens is 180 g/mol. The van der Waals surface area contributed by atoms with Crippen LogP contribution in [0.4, 0.5) is 4.79 Å². The Balaban J connectivity index is 3.20. The number of urea groups is 1. The van der Waals surface area contributed by atoms with Crippen molar-refractivity contribution in [3.8, 4) is 0 Å². The number of methoxy groups -OCH3 is 1. The molecule has 0 aliphatic heterocycles. The number of carbonyl (C=O) groups excluding carboxylic acids is 1. The zero-order valence-electron chi connectivity index (χ0n) is 9.43. The van der Waals surface area contributed by atoms with Crippen molar-refractivity contribution >= 4 is 6.03 Å². The number of hydrogen-bond donors (Lipinski definition) is 2. The molecule has 0 bridgehead atoms. The zero-order valence-corrected chi connectivity index (χ0v) is 9.43. The quantitative estimate of drug-likeness (QED) is 0.613. The van der Waals surface area contributed by atoms with Crippen LogP contribution in [0.15, 0.2) is 0 Å². The van der Waals surface area contributed by atoms with E-state index in [-0.39, 0.29) is 6.03 Å². The SMILES string of the molecule is COCCCNC(=O)NCCC(C)C. The van der Waals surface area contributed by atoms with Crippen molar-refractivity contribution in [3.05, 3.63) is 0 Å². The molecule has 0 unspecified atom stereocenters. The standard InChI is InChI=1S/C10H22N2O2/c1-9(2)5-7-12-10(13)11-6-4-8-14-3/h9H,4-8H2,1-3H3,(H2,11,12,13). The summed E-state index contributed by atoms with van der Waals surface area (Å²) in [5, 5.41) is 5.56. The molecule has 0 aromatic rings. The summed E-state index contributed by atoms with van der Waals surface area (Å²) < 4.78 is 4.86. The second-order valence-electron chi connectivity index (χ2n) is 3.71. The highest BCUT2D eigenvalue weighted by molar-refractivity contribution is 5.73. The van der Waals surface area contributed by atoms with E-state index in [2.05, 4.69) is 24.5 Å². The summed E-state index contributed by atoms with van der Waals surface area (Å²) in [4.78, 5) is 11.1. The third-order valence-electron chi connectivity index (χ3n) is 1.82. The van der Waals surface area contributed by atoms with Gasteiger partial charge in [-0.3, -0.25) is 0 Å². The van der Waals surface area contributed by atoms with Gasteiger partial charge in [0, 0.05) is 26.8 Å². The van der Waals surface area contributed by atoms with Crippen LogP contribution < -0.4 is 10.6 Å². The van der Waals surface area contributed by atoms with Crippen LogP contribution >= 0.6 is 0 Å². The number of carbonyl (C=O) groups is 1. The minimum absolute atomic E-state index is 0.0817. The maximum Gasteiger partial charge on any atom is 0.314 e. The van der Waals surface area contributed by atoms with Crippen LogP contribution in [0.1, 0.15) is 26.7 Å². The lowest BCUT2D eigenvalue weighted by atomic mass is 10.1. The van der Waals surface area contributed by atoms with Crippen LogP contribution in [0.25, 0.3) is 0 Å². The third-order valence-corrected chi connectivity index (χ3v) is 1.82. The largest absolute Gasteiger partial charge is 0.385 e. The minimum atomic E-state index is -0.0817. The molecular formula is C10H22N2O2. The van der Waals surface area contributed by atoms with Gasteiger partial charge in [-0.1, -0.05) is 13.8 Å². The number of nitrogens with one attached hydrogen (secondary N) is 2. The highest BCUT2D eigenvalue weighted by atomic mass is 16.5. The molecule has 4 nitrogen and oxygen atoms in total. The van der Waals surface area contributed by atoms with Crippen LogP contribution in [-0.2, 0) is 4.74 Å². The molecule has 0 aliphatic carbocycles. The Bertz CT molecular complexity index is 149. The summed E-state index contributed by atoms with van der Waals surface area (Å²) in [7, 11) is 1.66. The fourth-order valence-electron chi connectivity index (χ4n) is 0.955. The summed E-state index contributed by atoms with van der Waals surface area (Å²) in [6, 6.07) is -0.0817. The molecule has 0 aliphatic rings. The topological polar surface area (TPSA) is 50.4 Å². The number of ether oxygens (including phenoxy) is 1. The number of hydrogen-bond acceptors (Lipinski definition) is 2. The maximum absolute atomic E-state index is 11.1. The van der Waals surface area contributed by atoms with E-state index in [1.165, 1.54) is 0 Å². The predicted molar refractivity (Wildman–Crippen MR) is 57.3 cm³/mol. The summed E-state index contributed by atoms with van der Waals surface area (Å²) in [5.41, 5.74) is 0. The fourth-order valence-corrected chi connectivity index (χ4v) is 0.955. The molecule has 14 heavy (non-hydrogen) atoms. The fraction of sp³-hybridized carbons (Fsp3) is 0.900. The van der Waals surface area contributed by atoms with E-state index in [0.29, 0.717) is 19.1 Å². The van der Waals surface area contributed by atoms with Gasteiger partial charge in [0.2, 0.25) is 0 Å². The van der Waals surface area contributed by atoms with Gasteiger partial charge in [-0.05, 0) is 18.8 Å². The third kappa shape index (κ3) is 9.32. The predicted octanol–water partition coefficient (Wildman–Crippen LogP) is 1.37. The van der Waals surface area contributed by atoms with Crippen molar-refractivity contribution in [1.82, 2.24) is 10.6 Å². The molecule has 0 aromatic heterocycles. The van der Waals surface area contributed by atoms with Crippen molar-refractivity contribution in [2.45, 2.75) is 26.7 Å².